The van der Waals surface area contributed by atoms with Crippen molar-refractivity contribution < 1.29 is 43.2 Å². The summed E-state index contributed by atoms with van der Waals surface area (Å²) in [5.74, 6) is 1.99. The maximum Gasteiger partial charge on any atom is 0.410 e. The molecular weight excluding hydrogens is 1010 g/mol. The second kappa shape index (κ2) is 26.1. The maximum atomic E-state index is 13.9. The van der Waals surface area contributed by atoms with Crippen LogP contribution in [0.5, 0.6) is 11.8 Å². The summed E-state index contributed by atoms with van der Waals surface area (Å²) in [6.07, 6.45) is 6.61. The molecule has 0 radical (unpaired) electrons. The van der Waals surface area contributed by atoms with Crippen molar-refractivity contribution in [1.29, 1.82) is 0 Å². The van der Waals surface area contributed by atoms with E-state index in [9.17, 15) is 24.3 Å². The molecule has 4 aromatic heterocycles. The number of likely N-dealkylation sites (tertiary alicyclic amines) is 2. The number of aromatic nitrogens is 2. The Labute approximate surface area is 466 Å². The van der Waals surface area contributed by atoms with Gasteiger partial charge in [0.05, 0.1) is 31.9 Å². The molecule has 0 aromatic carbocycles. The number of pyridine rings is 2. The first-order valence-corrected chi connectivity index (χ1v) is 29.3. The first kappa shape index (κ1) is 61.0. The summed E-state index contributed by atoms with van der Waals surface area (Å²) in [7, 11) is 3.28. The molecule has 0 aliphatic carbocycles. The van der Waals surface area contributed by atoms with Crippen molar-refractivity contribution in [2.45, 2.75) is 184 Å². The van der Waals surface area contributed by atoms with E-state index in [1.165, 1.54) is 9.75 Å². The zero-order chi connectivity index (χ0) is 56.7. The molecule has 3 amide bonds. The van der Waals surface area contributed by atoms with Gasteiger partial charge in [-0.15, -0.1) is 22.7 Å². The normalized spacial score (nSPS) is 16.5. The van der Waals surface area contributed by atoms with Gasteiger partial charge in [0.15, 0.2) is 0 Å². The summed E-state index contributed by atoms with van der Waals surface area (Å²) in [4.78, 5) is 70.3. The van der Waals surface area contributed by atoms with E-state index in [0.717, 1.165) is 118 Å². The Balaban J connectivity index is 0.000000250. The van der Waals surface area contributed by atoms with Gasteiger partial charge in [-0.2, -0.15) is 0 Å². The van der Waals surface area contributed by atoms with Crippen LogP contribution in [0.25, 0.3) is 0 Å². The summed E-state index contributed by atoms with van der Waals surface area (Å²) in [6.45, 7) is 33.4. The van der Waals surface area contributed by atoms with Crippen LogP contribution in [0.15, 0.2) is 12.1 Å². The topological polar surface area (TPSA) is 173 Å². The Morgan fingerprint density at radius 1 is 0.727 bits per heavy atom. The van der Waals surface area contributed by atoms with Crippen molar-refractivity contribution in [2.75, 3.05) is 53.5 Å². The lowest BCUT2D eigenvalue weighted by Gasteiger charge is -2.35. The first-order valence-electron chi connectivity index (χ1n) is 27.7. The number of hydrogen-bond donors (Lipinski definition) is 2. The molecule has 424 valence electrons. The quantitative estimate of drug-likeness (QED) is 0.108. The third-order valence-corrected chi connectivity index (χ3v) is 18.5. The van der Waals surface area contributed by atoms with Gasteiger partial charge in [-0.05, 0) is 199 Å². The molecule has 0 spiro atoms. The molecular formula is C60H88N6O9S2. The third kappa shape index (κ3) is 15.5. The number of aryl methyl sites for hydroxylation is 6. The van der Waals surface area contributed by atoms with E-state index in [2.05, 4.69) is 62.0 Å². The van der Waals surface area contributed by atoms with Gasteiger partial charge in [0.25, 0.3) is 5.91 Å². The number of piperidine rings is 2. The van der Waals surface area contributed by atoms with Gasteiger partial charge < -0.3 is 44.1 Å². The molecule has 4 aromatic rings. The molecule has 2 atom stereocenters. The molecule has 3 aliphatic heterocycles. The lowest BCUT2D eigenvalue weighted by Crippen LogP contribution is -2.42. The highest BCUT2D eigenvalue weighted by Gasteiger charge is 2.36. The second-order valence-electron chi connectivity index (χ2n) is 23.5. The first-order chi connectivity index (χ1) is 36.2. The zero-order valence-corrected chi connectivity index (χ0v) is 50.7. The van der Waals surface area contributed by atoms with Crippen LogP contribution in [0.2, 0.25) is 0 Å². The summed E-state index contributed by atoms with van der Waals surface area (Å²) < 4.78 is 22.1. The Hall–Kier alpha value is -5.26. The standard InChI is InChI=1S/C30H45N3O5S.C30H43N3O4S/c1-18-16-19(2)32-27(37-8)23(18)17-31-13-9-10-24-25(28(34)35)21(4)26(39-24)20(3)22-11-14-33(15-12-22)29(36)38-30(5,6)7;1-18-16-19(2)31-27(36-8)23(18)17-33-13-9-10-24-25(28(33)34)21(4)26(38-24)20(3)22-11-14-32(15-12-22)29(35)37-30(5,6)7/h16,20,22,31H,9-15,17H2,1-8H3,(H,34,35);16,20,22H,9-15,17H2,1-8H3/t2*20-/m11/s1. The van der Waals surface area contributed by atoms with E-state index in [1.54, 1.807) is 30.5 Å². The van der Waals surface area contributed by atoms with Crippen molar-refractivity contribution >= 4 is 46.7 Å². The Bertz CT molecular complexity index is 2720. The predicted molar refractivity (Wildman–Crippen MR) is 307 cm³/mol. The molecule has 0 saturated carbocycles. The molecule has 0 unspecified atom stereocenters. The van der Waals surface area contributed by atoms with Gasteiger partial charge in [-0.3, -0.25) is 4.79 Å². The third-order valence-electron chi connectivity index (χ3n) is 15.4. The molecule has 0 bridgehead atoms. The molecule has 17 heteroatoms. The van der Waals surface area contributed by atoms with Crippen LogP contribution >= 0.6 is 22.7 Å². The van der Waals surface area contributed by atoms with Gasteiger partial charge in [0.2, 0.25) is 11.8 Å². The Morgan fingerprint density at radius 2 is 1.21 bits per heavy atom. The fourth-order valence-electron chi connectivity index (χ4n) is 11.2. The molecule has 3 aliphatic rings. The van der Waals surface area contributed by atoms with Crippen LogP contribution in [0.1, 0.15) is 191 Å². The van der Waals surface area contributed by atoms with Crippen LogP contribution in [0.3, 0.4) is 0 Å². The van der Waals surface area contributed by atoms with E-state index in [4.69, 9.17) is 18.9 Å². The number of carboxylic acids is 1. The monoisotopic (exact) mass is 1100 g/mol. The van der Waals surface area contributed by atoms with E-state index < -0.39 is 17.2 Å². The molecule has 15 nitrogen and oxygen atoms in total. The number of aromatic carboxylic acids is 1. The van der Waals surface area contributed by atoms with Crippen molar-refractivity contribution in [3.63, 3.8) is 0 Å². The number of carboxylic acid groups (broad SMARTS) is 1. The molecule has 7 heterocycles. The average molecular weight is 1100 g/mol. The summed E-state index contributed by atoms with van der Waals surface area (Å²) in [5.41, 5.74) is 8.53. The Kier molecular flexibility index (Phi) is 20.7. The van der Waals surface area contributed by atoms with Crippen molar-refractivity contribution in [1.82, 2.24) is 30.0 Å². The fourth-order valence-corrected chi connectivity index (χ4v) is 14.2. The molecule has 2 fully saturated rings. The van der Waals surface area contributed by atoms with Gasteiger partial charge in [0.1, 0.15) is 11.2 Å². The maximum absolute atomic E-state index is 13.9. The predicted octanol–water partition coefficient (Wildman–Crippen LogP) is 12.7. The van der Waals surface area contributed by atoms with Crippen LogP contribution in [-0.2, 0) is 35.4 Å². The highest BCUT2D eigenvalue weighted by Crippen LogP contribution is 2.44. The lowest BCUT2D eigenvalue weighted by atomic mass is 9.83. The van der Waals surface area contributed by atoms with Crippen molar-refractivity contribution in [3.05, 3.63) is 87.5 Å². The van der Waals surface area contributed by atoms with Gasteiger partial charge >= 0.3 is 18.2 Å². The fraction of sp³-hybridized carbons (Fsp3) is 0.633. The number of amides is 3. The SMILES string of the molecule is COc1nc(C)cc(C)c1CN1CCCc2sc([C@H](C)C3CCN(C(=O)OC(C)(C)C)CC3)c(C)c2C1=O.COc1nc(C)cc(C)c1CNCCCc1sc([C@H](C)C2CCN(C(=O)OC(C)(C)C)CC2)c(C)c1C(=O)O. The number of rotatable bonds is 15. The van der Waals surface area contributed by atoms with Crippen LogP contribution < -0.4 is 14.8 Å². The highest BCUT2D eigenvalue weighted by molar-refractivity contribution is 7.13. The minimum atomic E-state index is -0.851. The number of methoxy groups -OCH3 is 2. The minimum Gasteiger partial charge on any atom is -0.481 e. The van der Waals surface area contributed by atoms with Gasteiger partial charge in [-0.1, -0.05) is 13.8 Å². The van der Waals surface area contributed by atoms with Crippen LogP contribution in [0.4, 0.5) is 9.59 Å². The average Bonchev–Trinajstić information content (AvgIpc) is 3.82. The van der Waals surface area contributed by atoms with Crippen LogP contribution in [-0.4, -0.2) is 119 Å². The number of carbonyl (C=O) groups excluding carboxylic acids is 3. The van der Waals surface area contributed by atoms with E-state index in [-0.39, 0.29) is 24.0 Å². The number of ether oxygens (including phenoxy) is 4. The molecule has 2 N–H and O–H groups in total. The number of thiophene rings is 2. The van der Waals surface area contributed by atoms with E-state index in [1.807, 2.05) is 83.5 Å². The summed E-state index contributed by atoms with van der Waals surface area (Å²) in [6, 6.07) is 4.10. The van der Waals surface area contributed by atoms with Crippen molar-refractivity contribution in [2.24, 2.45) is 11.8 Å². The van der Waals surface area contributed by atoms with Crippen LogP contribution in [0, 0.1) is 53.4 Å². The van der Waals surface area contributed by atoms with E-state index >= 15 is 0 Å². The zero-order valence-electron chi connectivity index (χ0n) is 49.0. The number of fused-ring (bicyclic) bond motifs is 1. The number of hydrogen-bond acceptors (Lipinski definition) is 13. The number of carbonyl (C=O) groups is 4. The molecule has 77 heavy (non-hydrogen) atoms. The number of nitrogens with zero attached hydrogens (tertiary/aromatic N) is 5. The highest BCUT2D eigenvalue weighted by atomic mass is 32.1. The smallest absolute Gasteiger partial charge is 0.410 e. The number of nitrogens with one attached hydrogen (secondary N) is 1. The largest absolute Gasteiger partial charge is 0.481 e. The lowest BCUT2D eigenvalue weighted by molar-refractivity contribution is 0.0166. The van der Waals surface area contributed by atoms with E-state index in [0.29, 0.717) is 80.8 Å². The molecule has 7 rings (SSSR count). The van der Waals surface area contributed by atoms with Gasteiger partial charge in [-0.25, -0.2) is 24.4 Å². The summed E-state index contributed by atoms with van der Waals surface area (Å²) in [5, 5.41) is 13.5. The Morgan fingerprint density at radius 3 is 1.69 bits per heavy atom. The summed E-state index contributed by atoms with van der Waals surface area (Å²) >= 11 is 3.48. The molecule has 2 saturated heterocycles. The van der Waals surface area contributed by atoms with Gasteiger partial charge in [0, 0.05) is 81.3 Å². The van der Waals surface area contributed by atoms with Crippen molar-refractivity contribution in [3.8, 4) is 11.8 Å². The second-order valence-corrected chi connectivity index (χ2v) is 25.8. The minimum absolute atomic E-state index is 0.117.